The molecular weight excluding hydrogens is 434 g/mol. The molecule has 0 saturated carbocycles. The monoisotopic (exact) mass is 457 g/mol. The predicted molar refractivity (Wildman–Crippen MR) is 129 cm³/mol. The van der Waals surface area contributed by atoms with Crippen molar-refractivity contribution in [1.82, 2.24) is 14.9 Å². The second-order valence-corrected chi connectivity index (χ2v) is 8.86. The molecule has 7 nitrogen and oxygen atoms in total. The van der Waals surface area contributed by atoms with Gasteiger partial charge in [0.15, 0.2) is 5.82 Å². The molecule has 4 aromatic rings. The summed E-state index contributed by atoms with van der Waals surface area (Å²) in [5.41, 5.74) is 6.36. The van der Waals surface area contributed by atoms with Gasteiger partial charge in [-0.05, 0) is 36.8 Å². The average Bonchev–Trinajstić information content (AvgIpc) is 3.26. The molecule has 2 heterocycles. The van der Waals surface area contributed by atoms with Crippen molar-refractivity contribution in [3.8, 4) is 5.75 Å². The van der Waals surface area contributed by atoms with E-state index in [2.05, 4.69) is 20.9 Å². The Bertz CT molecular complexity index is 1230. The van der Waals surface area contributed by atoms with Gasteiger partial charge in [-0.1, -0.05) is 78.0 Å². The Morgan fingerprint density at radius 3 is 2.42 bits per heavy atom. The van der Waals surface area contributed by atoms with Crippen molar-refractivity contribution in [2.45, 2.75) is 30.0 Å². The van der Waals surface area contributed by atoms with Crippen LogP contribution in [0.3, 0.4) is 0 Å². The molecule has 2 atom stereocenters. The first kappa shape index (κ1) is 21.1. The van der Waals surface area contributed by atoms with Crippen molar-refractivity contribution in [2.24, 2.45) is 0 Å². The zero-order valence-electron chi connectivity index (χ0n) is 18.0. The first-order valence-corrected chi connectivity index (χ1v) is 11.5. The summed E-state index contributed by atoms with van der Waals surface area (Å²) in [5, 5.41) is 11.8. The molecule has 3 aromatic carbocycles. The Kier molecular flexibility index (Phi) is 5.99. The highest BCUT2D eigenvalue weighted by atomic mass is 32.2. The number of para-hydroxylation sites is 1. The number of hydrogen-bond acceptors (Lipinski definition) is 6. The third-order valence-corrected chi connectivity index (χ3v) is 6.57. The van der Waals surface area contributed by atoms with E-state index in [1.165, 1.54) is 11.8 Å². The molecule has 0 saturated heterocycles. The third-order valence-electron chi connectivity index (χ3n) is 5.35. The van der Waals surface area contributed by atoms with Crippen molar-refractivity contribution in [3.05, 3.63) is 102 Å². The summed E-state index contributed by atoms with van der Waals surface area (Å²) in [6, 6.07) is 27.0. The van der Waals surface area contributed by atoms with Gasteiger partial charge in [-0.2, -0.15) is 0 Å². The van der Waals surface area contributed by atoms with Crippen LogP contribution in [0.25, 0.3) is 0 Å². The molecule has 1 amide bonds. The molecule has 1 aliphatic rings. The van der Waals surface area contributed by atoms with Crippen LogP contribution in [0.5, 0.6) is 5.75 Å². The summed E-state index contributed by atoms with van der Waals surface area (Å²) in [5.74, 6) is 1.30. The number of thioether (sulfide) groups is 1. The summed E-state index contributed by atoms with van der Waals surface area (Å²) in [6.07, 6.45) is 0. The van der Waals surface area contributed by atoms with Gasteiger partial charge in [0.2, 0.25) is 11.1 Å². The lowest BCUT2D eigenvalue weighted by molar-refractivity contribution is -0.116. The van der Waals surface area contributed by atoms with Crippen LogP contribution in [-0.2, 0) is 11.4 Å². The standard InChI is InChI=1S/C25H23N5O2S/c1-17-12-14-19(15-13-17)26-24(31)23-22(18-8-4-2-5-9-18)29-30-21(27-28-25(30)33-23)16-32-20-10-6-3-7-11-20/h2-15,22-23,29H,16H2,1H3,(H,26,31)/t22-,23-/m1/s1. The molecule has 8 heteroatoms. The van der Waals surface area contributed by atoms with Crippen LogP contribution < -0.4 is 15.5 Å². The molecule has 166 valence electrons. The van der Waals surface area contributed by atoms with E-state index in [1.54, 1.807) is 0 Å². The maximum Gasteiger partial charge on any atom is 0.240 e. The lowest BCUT2D eigenvalue weighted by Crippen LogP contribution is -2.41. The normalized spacial score (nSPS) is 17.0. The van der Waals surface area contributed by atoms with Gasteiger partial charge in [0, 0.05) is 5.69 Å². The Labute approximate surface area is 196 Å². The Hall–Kier alpha value is -3.78. The first-order valence-electron chi connectivity index (χ1n) is 10.7. The van der Waals surface area contributed by atoms with Gasteiger partial charge in [-0.25, -0.2) is 4.68 Å². The van der Waals surface area contributed by atoms with Crippen molar-refractivity contribution in [2.75, 3.05) is 10.7 Å². The second kappa shape index (κ2) is 9.38. The van der Waals surface area contributed by atoms with E-state index in [1.807, 2.05) is 96.5 Å². The van der Waals surface area contributed by atoms with Gasteiger partial charge in [0.25, 0.3) is 0 Å². The van der Waals surface area contributed by atoms with Crippen LogP contribution in [0, 0.1) is 6.92 Å². The van der Waals surface area contributed by atoms with E-state index in [0.29, 0.717) is 11.0 Å². The number of rotatable bonds is 6. The second-order valence-electron chi connectivity index (χ2n) is 7.75. The molecular formula is C25H23N5O2S. The molecule has 33 heavy (non-hydrogen) atoms. The minimum absolute atomic E-state index is 0.0958. The van der Waals surface area contributed by atoms with E-state index in [-0.39, 0.29) is 18.6 Å². The number of fused-ring (bicyclic) bond motifs is 1. The SMILES string of the molecule is Cc1ccc(NC(=O)[C@@H]2Sc3nnc(COc4ccccc4)n3N[C@@H]2c2ccccc2)cc1. The maximum atomic E-state index is 13.3. The number of carbonyl (C=O) groups is 1. The largest absolute Gasteiger partial charge is 0.486 e. The highest BCUT2D eigenvalue weighted by Gasteiger charge is 2.37. The van der Waals surface area contributed by atoms with Crippen LogP contribution in [0.2, 0.25) is 0 Å². The molecule has 0 fully saturated rings. The van der Waals surface area contributed by atoms with Crippen LogP contribution in [0.15, 0.2) is 90.1 Å². The Balaban J connectivity index is 1.40. The minimum atomic E-state index is -0.437. The lowest BCUT2D eigenvalue weighted by Gasteiger charge is -2.33. The average molecular weight is 458 g/mol. The summed E-state index contributed by atoms with van der Waals surface area (Å²) in [7, 11) is 0. The molecule has 1 aliphatic heterocycles. The van der Waals surface area contributed by atoms with Crippen molar-refractivity contribution in [3.63, 3.8) is 0 Å². The summed E-state index contributed by atoms with van der Waals surface area (Å²) >= 11 is 1.39. The van der Waals surface area contributed by atoms with E-state index in [4.69, 9.17) is 4.74 Å². The number of aryl methyl sites for hydroxylation is 1. The number of benzene rings is 3. The summed E-state index contributed by atoms with van der Waals surface area (Å²) in [4.78, 5) is 13.3. The van der Waals surface area contributed by atoms with Crippen molar-refractivity contribution in [1.29, 1.82) is 0 Å². The molecule has 5 rings (SSSR count). The van der Waals surface area contributed by atoms with E-state index < -0.39 is 5.25 Å². The van der Waals surface area contributed by atoms with Crippen molar-refractivity contribution < 1.29 is 9.53 Å². The molecule has 0 spiro atoms. The zero-order chi connectivity index (χ0) is 22.6. The number of anilines is 1. The predicted octanol–water partition coefficient (Wildman–Crippen LogP) is 4.56. The Morgan fingerprint density at radius 2 is 1.70 bits per heavy atom. The van der Waals surface area contributed by atoms with Gasteiger partial charge < -0.3 is 15.5 Å². The lowest BCUT2D eigenvalue weighted by atomic mass is 10.0. The topological polar surface area (TPSA) is 81.1 Å². The van der Waals surface area contributed by atoms with Crippen LogP contribution >= 0.6 is 11.8 Å². The number of nitrogens with zero attached hydrogens (tertiary/aromatic N) is 3. The quantitative estimate of drug-likeness (QED) is 0.442. The van der Waals surface area contributed by atoms with E-state index in [0.717, 1.165) is 22.6 Å². The fourth-order valence-corrected chi connectivity index (χ4v) is 4.72. The molecule has 2 N–H and O–H groups in total. The van der Waals surface area contributed by atoms with Gasteiger partial charge >= 0.3 is 0 Å². The third kappa shape index (κ3) is 4.70. The number of nitrogens with one attached hydrogen (secondary N) is 2. The smallest absolute Gasteiger partial charge is 0.240 e. The number of amides is 1. The number of carbonyl (C=O) groups excluding carboxylic acids is 1. The molecule has 1 aromatic heterocycles. The van der Waals surface area contributed by atoms with Gasteiger partial charge in [-0.15, -0.1) is 10.2 Å². The van der Waals surface area contributed by atoms with Gasteiger partial charge in [0.05, 0.1) is 6.04 Å². The van der Waals surface area contributed by atoms with Crippen LogP contribution in [-0.4, -0.2) is 26.0 Å². The molecule has 0 aliphatic carbocycles. The fourth-order valence-electron chi connectivity index (χ4n) is 3.62. The number of ether oxygens (including phenoxy) is 1. The van der Waals surface area contributed by atoms with Crippen LogP contribution in [0.1, 0.15) is 23.0 Å². The van der Waals surface area contributed by atoms with Gasteiger partial charge in [0.1, 0.15) is 17.6 Å². The van der Waals surface area contributed by atoms with E-state index in [9.17, 15) is 4.79 Å². The maximum absolute atomic E-state index is 13.3. The number of aromatic nitrogens is 3. The highest BCUT2D eigenvalue weighted by Crippen LogP contribution is 2.37. The molecule has 0 bridgehead atoms. The summed E-state index contributed by atoms with van der Waals surface area (Å²) in [6.45, 7) is 2.27. The number of hydrogen-bond donors (Lipinski definition) is 2. The van der Waals surface area contributed by atoms with Crippen molar-refractivity contribution >= 4 is 23.4 Å². The molecule has 0 radical (unpaired) electrons. The zero-order valence-corrected chi connectivity index (χ0v) is 18.8. The van der Waals surface area contributed by atoms with E-state index >= 15 is 0 Å². The van der Waals surface area contributed by atoms with Gasteiger partial charge in [-0.3, -0.25) is 4.79 Å². The van der Waals surface area contributed by atoms with Crippen LogP contribution in [0.4, 0.5) is 5.69 Å². The first-order chi connectivity index (χ1) is 16.2. The minimum Gasteiger partial charge on any atom is -0.486 e. The highest BCUT2D eigenvalue weighted by molar-refractivity contribution is 8.00. The fraction of sp³-hybridized carbons (Fsp3) is 0.160. The Morgan fingerprint density at radius 1 is 1.00 bits per heavy atom. The summed E-state index contributed by atoms with van der Waals surface area (Å²) < 4.78 is 7.69. The molecule has 0 unspecified atom stereocenters.